The Labute approximate surface area is 82.2 Å². The smallest absolute Gasteiger partial charge is 0.0788 e. The Kier molecular flexibility index (Phi) is 3.98. The van der Waals surface area contributed by atoms with Crippen molar-refractivity contribution in [2.75, 3.05) is 6.61 Å². The zero-order valence-corrected chi connectivity index (χ0v) is 9.34. The average Bonchev–Trinajstić information content (AvgIpc) is 2.04. The molecule has 0 unspecified atom stereocenters. The molecule has 0 amide bonds. The van der Waals surface area contributed by atoms with Gasteiger partial charge in [0.2, 0.25) is 0 Å². The second kappa shape index (κ2) is 4.80. The summed E-state index contributed by atoms with van der Waals surface area (Å²) in [5, 5.41) is 0. The minimum atomic E-state index is 0.374. The third kappa shape index (κ3) is 2.84. The van der Waals surface area contributed by atoms with Crippen molar-refractivity contribution in [3.8, 4) is 0 Å². The number of hydrogen-bond acceptors (Lipinski definition) is 1. The molecule has 0 bridgehead atoms. The molecule has 1 nitrogen and oxygen atoms in total. The molecule has 1 rings (SSSR count). The minimum absolute atomic E-state index is 0.374. The van der Waals surface area contributed by atoms with Crippen LogP contribution in [0.4, 0.5) is 0 Å². The van der Waals surface area contributed by atoms with Crippen LogP contribution in [0.25, 0.3) is 0 Å². The van der Waals surface area contributed by atoms with Crippen LogP contribution in [-0.4, -0.2) is 12.7 Å². The number of rotatable bonds is 3. The summed E-state index contributed by atoms with van der Waals surface area (Å²) in [7, 11) is 0. The molecule has 0 spiro atoms. The number of allylic oxidation sites excluding steroid dienone is 1. The van der Waals surface area contributed by atoms with E-state index in [1.54, 1.807) is 0 Å². The quantitative estimate of drug-likeness (QED) is 0.608. The highest BCUT2D eigenvalue weighted by atomic mass is 16.5. The summed E-state index contributed by atoms with van der Waals surface area (Å²) in [6, 6.07) is 0. The summed E-state index contributed by atoms with van der Waals surface area (Å²) in [6.45, 7) is 9.71. The second-order valence-electron chi connectivity index (χ2n) is 4.38. The molecule has 1 aliphatic rings. The fourth-order valence-electron chi connectivity index (χ4n) is 2.12. The Hall–Kier alpha value is -0.300. The van der Waals surface area contributed by atoms with E-state index in [1.807, 2.05) is 0 Å². The van der Waals surface area contributed by atoms with Crippen molar-refractivity contribution in [2.45, 2.75) is 46.6 Å². The van der Waals surface area contributed by atoms with Crippen LogP contribution in [-0.2, 0) is 4.74 Å². The molecule has 0 aliphatic heterocycles. The minimum Gasteiger partial charge on any atom is -0.374 e. The summed E-state index contributed by atoms with van der Waals surface area (Å²) in [4.78, 5) is 0. The molecule has 1 heteroatoms. The highest BCUT2D eigenvalue weighted by molar-refractivity contribution is 5.08. The Bertz CT molecular complexity index is 182. The van der Waals surface area contributed by atoms with Gasteiger partial charge in [0.1, 0.15) is 0 Å². The first-order valence-corrected chi connectivity index (χ1v) is 5.44. The van der Waals surface area contributed by atoms with Gasteiger partial charge in [0.15, 0.2) is 0 Å². The van der Waals surface area contributed by atoms with E-state index >= 15 is 0 Å². The zero-order chi connectivity index (χ0) is 9.84. The molecule has 0 fully saturated rings. The molecule has 1 aliphatic carbocycles. The van der Waals surface area contributed by atoms with Crippen LogP contribution in [0.3, 0.4) is 0 Å². The molecule has 0 aromatic heterocycles. The van der Waals surface area contributed by atoms with Crippen molar-refractivity contribution in [1.82, 2.24) is 0 Å². The van der Waals surface area contributed by atoms with Crippen LogP contribution in [0.1, 0.15) is 40.5 Å². The molecular formula is C12H22O. The molecule has 13 heavy (non-hydrogen) atoms. The lowest BCUT2D eigenvalue weighted by Gasteiger charge is -2.32. The van der Waals surface area contributed by atoms with Gasteiger partial charge in [0.05, 0.1) is 6.10 Å². The van der Waals surface area contributed by atoms with Crippen LogP contribution >= 0.6 is 0 Å². The Morgan fingerprint density at radius 3 is 2.77 bits per heavy atom. The predicted octanol–water partition coefficient (Wildman–Crippen LogP) is 3.40. The van der Waals surface area contributed by atoms with Crippen molar-refractivity contribution in [2.24, 2.45) is 11.8 Å². The summed E-state index contributed by atoms with van der Waals surface area (Å²) in [6.07, 6.45) is 5.24. The van der Waals surface area contributed by atoms with Gasteiger partial charge in [0, 0.05) is 6.61 Å². The van der Waals surface area contributed by atoms with Crippen molar-refractivity contribution >= 4 is 0 Å². The van der Waals surface area contributed by atoms with Gasteiger partial charge in [-0.15, -0.1) is 0 Å². The first-order chi connectivity index (χ1) is 6.15. The monoisotopic (exact) mass is 182 g/mol. The van der Waals surface area contributed by atoms with E-state index in [0.29, 0.717) is 6.10 Å². The van der Waals surface area contributed by atoms with Gasteiger partial charge in [-0.05, 0) is 38.5 Å². The number of ether oxygens (including phenoxy) is 1. The summed E-state index contributed by atoms with van der Waals surface area (Å²) in [5.74, 6) is 1.46. The molecular weight excluding hydrogens is 160 g/mol. The largest absolute Gasteiger partial charge is 0.374 e. The molecule has 0 aromatic rings. The summed E-state index contributed by atoms with van der Waals surface area (Å²) < 4.78 is 5.75. The summed E-state index contributed by atoms with van der Waals surface area (Å²) >= 11 is 0. The third-order valence-electron chi connectivity index (χ3n) is 2.96. The van der Waals surface area contributed by atoms with Crippen molar-refractivity contribution < 1.29 is 4.74 Å². The van der Waals surface area contributed by atoms with Crippen LogP contribution in [0.15, 0.2) is 11.6 Å². The topological polar surface area (TPSA) is 9.23 Å². The highest BCUT2D eigenvalue weighted by Gasteiger charge is 2.26. The van der Waals surface area contributed by atoms with Crippen LogP contribution in [0.5, 0.6) is 0 Å². The Morgan fingerprint density at radius 1 is 1.54 bits per heavy atom. The normalized spacial score (nSPS) is 29.2. The molecule has 0 radical (unpaired) electrons. The predicted molar refractivity (Wildman–Crippen MR) is 56.7 cm³/mol. The van der Waals surface area contributed by atoms with E-state index in [4.69, 9.17) is 4.74 Å². The molecule has 2 atom stereocenters. The van der Waals surface area contributed by atoms with E-state index in [-0.39, 0.29) is 0 Å². The average molecular weight is 182 g/mol. The van der Waals surface area contributed by atoms with Gasteiger partial charge in [-0.25, -0.2) is 0 Å². The zero-order valence-electron chi connectivity index (χ0n) is 9.34. The van der Waals surface area contributed by atoms with E-state index in [0.717, 1.165) is 18.4 Å². The molecule has 0 saturated carbocycles. The van der Waals surface area contributed by atoms with Crippen molar-refractivity contribution in [3.63, 3.8) is 0 Å². The lowest BCUT2D eigenvalue weighted by molar-refractivity contribution is 0.0283. The maximum Gasteiger partial charge on any atom is 0.0788 e. The lowest BCUT2D eigenvalue weighted by Crippen LogP contribution is -2.29. The van der Waals surface area contributed by atoms with Gasteiger partial charge in [-0.2, -0.15) is 0 Å². The first-order valence-electron chi connectivity index (χ1n) is 5.44. The Balaban J connectivity index is 2.64. The Morgan fingerprint density at radius 2 is 2.23 bits per heavy atom. The molecule has 0 heterocycles. The molecule has 0 N–H and O–H groups in total. The van der Waals surface area contributed by atoms with Gasteiger partial charge >= 0.3 is 0 Å². The molecule has 76 valence electrons. The van der Waals surface area contributed by atoms with E-state index < -0.39 is 0 Å². The standard InChI is InChI=1S/C12H22O/c1-5-13-12-8-10(4)6-7-11(12)9(2)3/h8-9,11-12H,5-7H2,1-4H3/t11-,12-/m1/s1. The first kappa shape index (κ1) is 10.8. The van der Waals surface area contributed by atoms with Gasteiger partial charge in [0.25, 0.3) is 0 Å². The second-order valence-corrected chi connectivity index (χ2v) is 4.38. The van der Waals surface area contributed by atoms with Gasteiger partial charge < -0.3 is 4.74 Å². The van der Waals surface area contributed by atoms with E-state index in [2.05, 4.69) is 33.8 Å². The SMILES string of the molecule is CCO[C@@H]1C=C(C)CC[C@@H]1C(C)C. The summed E-state index contributed by atoms with van der Waals surface area (Å²) in [5.41, 5.74) is 1.50. The fourth-order valence-corrected chi connectivity index (χ4v) is 2.12. The fraction of sp³-hybridized carbons (Fsp3) is 0.833. The maximum atomic E-state index is 5.75. The van der Waals surface area contributed by atoms with Crippen molar-refractivity contribution in [1.29, 1.82) is 0 Å². The van der Waals surface area contributed by atoms with Crippen LogP contribution in [0, 0.1) is 11.8 Å². The third-order valence-corrected chi connectivity index (χ3v) is 2.96. The lowest BCUT2D eigenvalue weighted by atomic mass is 9.80. The van der Waals surface area contributed by atoms with Gasteiger partial charge in [-0.3, -0.25) is 0 Å². The van der Waals surface area contributed by atoms with Crippen LogP contribution in [0.2, 0.25) is 0 Å². The van der Waals surface area contributed by atoms with E-state index in [9.17, 15) is 0 Å². The maximum absolute atomic E-state index is 5.75. The van der Waals surface area contributed by atoms with Gasteiger partial charge in [-0.1, -0.05) is 25.5 Å². The highest BCUT2D eigenvalue weighted by Crippen LogP contribution is 2.31. The van der Waals surface area contributed by atoms with Crippen molar-refractivity contribution in [3.05, 3.63) is 11.6 Å². The van der Waals surface area contributed by atoms with Crippen LogP contribution < -0.4 is 0 Å². The molecule has 0 aromatic carbocycles. The van der Waals surface area contributed by atoms with E-state index in [1.165, 1.54) is 18.4 Å². The number of hydrogen-bond donors (Lipinski definition) is 0. The molecule has 0 saturated heterocycles.